The first kappa shape index (κ1) is 27.5. The lowest BCUT2D eigenvalue weighted by Crippen LogP contribution is -2.22. The lowest BCUT2D eigenvalue weighted by atomic mass is 9.91. The number of carbonyl (C=O) groups excluding carboxylic acids is 1. The van der Waals surface area contributed by atoms with Gasteiger partial charge < -0.3 is 9.47 Å². The number of nitrogens with zero attached hydrogens (tertiary/aromatic N) is 6. The monoisotopic (exact) mass is 544 g/mol. The van der Waals surface area contributed by atoms with Crippen molar-refractivity contribution in [1.29, 1.82) is 0 Å². The Morgan fingerprint density at radius 1 is 1.11 bits per heavy atom. The zero-order chi connectivity index (χ0) is 27.6. The molecule has 11 heteroatoms. The summed E-state index contributed by atoms with van der Waals surface area (Å²) in [5.74, 6) is 0.759. The molecule has 0 aliphatic rings. The number of rotatable bonds is 9. The molecular weight excluding hydrogens is 517 g/mol. The minimum atomic E-state index is -4.65. The van der Waals surface area contributed by atoms with Crippen molar-refractivity contribution in [1.82, 2.24) is 29.2 Å². The molecule has 0 aliphatic carbocycles. The van der Waals surface area contributed by atoms with Gasteiger partial charge in [-0.3, -0.25) is 9.48 Å². The highest BCUT2D eigenvalue weighted by atomic mass is 35.5. The predicted octanol–water partition coefficient (Wildman–Crippen LogP) is 5.50. The number of hydrogen-bond donors (Lipinski definition) is 0. The Hall–Kier alpha value is -3.50. The summed E-state index contributed by atoms with van der Waals surface area (Å²) in [6, 6.07) is 5.41. The number of aryl methyl sites for hydroxylation is 3. The maximum absolute atomic E-state index is 14.0. The lowest BCUT2D eigenvalue weighted by molar-refractivity contribution is -0.140. The van der Waals surface area contributed by atoms with Gasteiger partial charge in [-0.2, -0.15) is 18.3 Å². The molecule has 0 unspecified atom stereocenters. The quantitative estimate of drug-likeness (QED) is 0.205. The van der Waals surface area contributed by atoms with Gasteiger partial charge in [0.1, 0.15) is 17.3 Å². The van der Waals surface area contributed by atoms with E-state index >= 15 is 0 Å². The topological polar surface area (TPSA) is 68.8 Å². The van der Waals surface area contributed by atoms with Gasteiger partial charge in [0.2, 0.25) is 0 Å². The molecule has 0 bridgehead atoms. The van der Waals surface area contributed by atoms with Crippen LogP contribution >= 0.6 is 11.6 Å². The molecule has 0 fully saturated rings. The summed E-state index contributed by atoms with van der Waals surface area (Å²) in [5, 5.41) is 4.14. The fourth-order valence-electron chi connectivity index (χ4n) is 4.53. The number of alkyl halides is 3. The summed E-state index contributed by atoms with van der Waals surface area (Å²) in [4.78, 5) is 22.6. The van der Waals surface area contributed by atoms with Gasteiger partial charge in [0.25, 0.3) is 0 Å². The van der Waals surface area contributed by atoms with Crippen LogP contribution in [0.25, 0.3) is 11.1 Å². The molecule has 0 amide bonds. The number of pyridine rings is 1. The molecule has 0 atom stereocenters. The molecule has 0 aliphatic heterocycles. The highest BCUT2D eigenvalue weighted by Crippen LogP contribution is 2.38. The van der Waals surface area contributed by atoms with Crippen LogP contribution in [-0.2, 0) is 32.7 Å². The molecule has 0 spiro atoms. The maximum Gasteiger partial charge on any atom is 0.435 e. The van der Waals surface area contributed by atoms with E-state index in [-0.39, 0.29) is 5.56 Å². The largest absolute Gasteiger partial charge is 0.435 e. The zero-order valence-electron chi connectivity index (χ0n) is 21.6. The van der Waals surface area contributed by atoms with E-state index in [1.54, 1.807) is 30.7 Å². The maximum atomic E-state index is 14.0. The molecule has 0 N–H and O–H groups in total. The van der Waals surface area contributed by atoms with E-state index in [4.69, 9.17) is 11.6 Å². The van der Waals surface area contributed by atoms with Crippen LogP contribution in [0.3, 0.4) is 0 Å². The number of imidazole rings is 1. The van der Waals surface area contributed by atoms with Crippen molar-refractivity contribution in [2.45, 2.75) is 39.5 Å². The van der Waals surface area contributed by atoms with Crippen molar-refractivity contribution < 1.29 is 18.0 Å². The van der Waals surface area contributed by atoms with Gasteiger partial charge in [0, 0.05) is 62.6 Å². The molecule has 3 aromatic heterocycles. The van der Waals surface area contributed by atoms with Crippen molar-refractivity contribution >= 4 is 17.9 Å². The molecular formula is C27H28ClF3N6O. The van der Waals surface area contributed by atoms with Gasteiger partial charge in [-0.25, -0.2) is 9.97 Å². The number of halogens is 4. The molecule has 0 radical (unpaired) electrons. The highest BCUT2D eigenvalue weighted by molar-refractivity contribution is 6.30. The first-order chi connectivity index (χ1) is 18.0. The Labute approximate surface area is 223 Å². The third-order valence-electron chi connectivity index (χ3n) is 6.40. The van der Waals surface area contributed by atoms with E-state index in [9.17, 15) is 18.0 Å². The minimum Gasteiger partial charge on any atom is -0.331 e. The average Bonchev–Trinajstić information content (AvgIpc) is 3.45. The van der Waals surface area contributed by atoms with Crippen LogP contribution in [0.2, 0.25) is 5.15 Å². The second kappa shape index (κ2) is 11.1. The van der Waals surface area contributed by atoms with Crippen LogP contribution in [0.1, 0.15) is 44.1 Å². The van der Waals surface area contributed by atoms with Gasteiger partial charge in [-0.05, 0) is 67.3 Å². The van der Waals surface area contributed by atoms with Crippen molar-refractivity contribution in [3.63, 3.8) is 0 Å². The first-order valence-corrected chi connectivity index (χ1v) is 12.3. The number of benzene rings is 1. The SMILES string of the molecule is Cc1cc(CN(C)CCc2c(C=O)cc(Cn3ccnc3C)cc2-c2cn(C)nc2C(F)(F)F)cnc1Cl. The third kappa shape index (κ3) is 6.14. The van der Waals surface area contributed by atoms with Gasteiger partial charge >= 0.3 is 6.18 Å². The average molecular weight is 545 g/mol. The molecule has 4 rings (SSSR count). The van der Waals surface area contributed by atoms with Crippen molar-refractivity contribution in [3.05, 3.63) is 87.5 Å². The van der Waals surface area contributed by atoms with E-state index < -0.39 is 11.9 Å². The third-order valence-corrected chi connectivity index (χ3v) is 6.80. The summed E-state index contributed by atoms with van der Waals surface area (Å²) in [6.07, 6.45) is 2.91. The second-order valence-electron chi connectivity index (χ2n) is 9.43. The van der Waals surface area contributed by atoms with Crippen LogP contribution in [-0.4, -0.2) is 49.1 Å². The fraction of sp³-hybridized carbons (Fsp3) is 0.333. The molecule has 0 saturated carbocycles. The van der Waals surface area contributed by atoms with E-state index in [2.05, 4.69) is 15.1 Å². The molecule has 4 aromatic rings. The van der Waals surface area contributed by atoms with Gasteiger partial charge in [-0.15, -0.1) is 0 Å². The van der Waals surface area contributed by atoms with Crippen LogP contribution in [0.5, 0.6) is 0 Å². The van der Waals surface area contributed by atoms with Crippen molar-refractivity contribution in [2.24, 2.45) is 7.05 Å². The van der Waals surface area contributed by atoms with Crippen LogP contribution in [0.4, 0.5) is 13.2 Å². The Kier molecular flexibility index (Phi) is 8.03. The normalized spacial score (nSPS) is 11.9. The van der Waals surface area contributed by atoms with Crippen LogP contribution in [0, 0.1) is 13.8 Å². The molecule has 38 heavy (non-hydrogen) atoms. The number of hydrogen-bond acceptors (Lipinski definition) is 5. The van der Waals surface area contributed by atoms with E-state index in [1.807, 2.05) is 36.4 Å². The standard InChI is InChI=1S/C27H28ClF3N6O/c1-17-9-20(12-33-26(17)28)13-35(3)7-5-22-21(16-38)10-19(14-37-8-6-32-18(37)2)11-23(22)24-15-36(4)34-25(24)27(29,30)31/h6,8-12,15-16H,5,7,13-14H2,1-4H3. The zero-order valence-corrected chi connectivity index (χ0v) is 22.3. The smallest absolute Gasteiger partial charge is 0.331 e. The Morgan fingerprint density at radius 2 is 1.87 bits per heavy atom. The van der Waals surface area contributed by atoms with Gasteiger partial charge in [0.05, 0.1) is 0 Å². The molecule has 7 nitrogen and oxygen atoms in total. The summed E-state index contributed by atoms with van der Waals surface area (Å²) in [5.41, 5.74) is 2.73. The predicted molar refractivity (Wildman–Crippen MR) is 139 cm³/mol. The van der Waals surface area contributed by atoms with Crippen LogP contribution in [0.15, 0.2) is 43.0 Å². The Morgan fingerprint density at radius 3 is 2.50 bits per heavy atom. The van der Waals surface area contributed by atoms with Crippen LogP contribution < -0.4 is 0 Å². The van der Waals surface area contributed by atoms with Crippen molar-refractivity contribution in [3.8, 4) is 11.1 Å². The number of aldehydes is 1. The molecule has 3 heterocycles. The number of carbonyl (C=O) groups is 1. The van der Waals surface area contributed by atoms with Crippen molar-refractivity contribution in [2.75, 3.05) is 13.6 Å². The van der Waals surface area contributed by atoms with E-state index in [0.717, 1.165) is 21.6 Å². The minimum absolute atomic E-state index is 0.0533. The Bertz CT molecular complexity index is 1460. The summed E-state index contributed by atoms with van der Waals surface area (Å²) in [6.45, 7) is 5.14. The molecule has 1 aromatic carbocycles. The first-order valence-electron chi connectivity index (χ1n) is 12.0. The molecule has 0 saturated heterocycles. The Balaban J connectivity index is 1.72. The second-order valence-corrected chi connectivity index (χ2v) is 9.79. The fourth-order valence-corrected chi connectivity index (χ4v) is 4.63. The van der Waals surface area contributed by atoms with Gasteiger partial charge in [0.15, 0.2) is 5.69 Å². The number of likely N-dealkylation sites (N-methyl/N-ethyl adjacent to an activating group) is 1. The lowest BCUT2D eigenvalue weighted by Gasteiger charge is -2.20. The summed E-state index contributed by atoms with van der Waals surface area (Å²) < 4.78 is 44.9. The van der Waals surface area contributed by atoms with E-state index in [0.29, 0.717) is 59.7 Å². The summed E-state index contributed by atoms with van der Waals surface area (Å²) >= 11 is 6.03. The highest BCUT2D eigenvalue weighted by Gasteiger charge is 2.38. The summed E-state index contributed by atoms with van der Waals surface area (Å²) in [7, 11) is 3.36. The molecule has 200 valence electrons. The van der Waals surface area contributed by atoms with E-state index in [1.165, 1.54) is 13.2 Å². The van der Waals surface area contributed by atoms with Gasteiger partial charge in [-0.1, -0.05) is 17.7 Å². The number of aromatic nitrogens is 5.